The van der Waals surface area contributed by atoms with Gasteiger partial charge < -0.3 is 4.74 Å². The van der Waals surface area contributed by atoms with Crippen LogP contribution in [0.2, 0.25) is 0 Å². The van der Waals surface area contributed by atoms with E-state index in [1.807, 2.05) is 0 Å². The predicted octanol–water partition coefficient (Wildman–Crippen LogP) is 2.69. The molecule has 17 heavy (non-hydrogen) atoms. The second-order valence-electron chi connectivity index (χ2n) is 4.28. The monoisotopic (exact) mass is 257 g/mol. The standard InChI is InChI=1S/C13H17ClFNO/c1-2-16(6-5-14)9-12-8-10-7-11(15)3-4-13(10)17-12/h3-4,7,12H,2,5-6,8-9H2,1H3. The Morgan fingerprint density at radius 2 is 2.35 bits per heavy atom. The molecule has 0 radical (unpaired) electrons. The van der Waals surface area contributed by atoms with Gasteiger partial charge in [-0.2, -0.15) is 0 Å². The van der Waals surface area contributed by atoms with Crippen molar-refractivity contribution in [3.8, 4) is 5.75 Å². The summed E-state index contributed by atoms with van der Waals surface area (Å²) in [7, 11) is 0. The van der Waals surface area contributed by atoms with Gasteiger partial charge >= 0.3 is 0 Å². The molecule has 1 heterocycles. The summed E-state index contributed by atoms with van der Waals surface area (Å²) in [6, 6.07) is 4.72. The van der Waals surface area contributed by atoms with Crippen molar-refractivity contribution in [2.24, 2.45) is 0 Å². The molecule has 1 unspecified atom stereocenters. The van der Waals surface area contributed by atoms with E-state index in [0.717, 1.165) is 37.4 Å². The van der Waals surface area contributed by atoms with Crippen molar-refractivity contribution in [2.75, 3.05) is 25.5 Å². The van der Waals surface area contributed by atoms with Gasteiger partial charge in [0.05, 0.1) is 0 Å². The Morgan fingerprint density at radius 1 is 1.53 bits per heavy atom. The van der Waals surface area contributed by atoms with E-state index in [9.17, 15) is 4.39 Å². The molecule has 0 bridgehead atoms. The highest BCUT2D eigenvalue weighted by Crippen LogP contribution is 2.29. The Labute approximate surface area is 106 Å². The Bertz CT molecular complexity index is 386. The van der Waals surface area contributed by atoms with Crippen molar-refractivity contribution in [3.05, 3.63) is 29.6 Å². The number of likely N-dealkylation sites (N-methyl/N-ethyl adjacent to an activating group) is 1. The van der Waals surface area contributed by atoms with E-state index < -0.39 is 0 Å². The van der Waals surface area contributed by atoms with Crippen LogP contribution in [0.25, 0.3) is 0 Å². The Kier molecular flexibility index (Phi) is 4.24. The van der Waals surface area contributed by atoms with E-state index in [-0.39, 0.29) is 11.9 Å². The summed E-state index contributed by atoms with van der Waals surface area (Å²) in [5.41, 5.74) is 0.969. The maximum absolute atomic E-state index is 13.1. The van der Waals surface area contributed by atoms with Gasteiger partial charge in [-0.1, -0.05) is 6.92 Å². The van der Waals surface area contributed by atoms with Crippen molar-refractivity contribution >= 4 is 11.6 Å². The fourth-order valence-corrected chi connectivity index (χ4v) is 2.42. The van der Waals surface area contributed by atoms with Gasteiger partial charge in [0.1, 0.15) is 17.7 Å². The van der Waals surface area contributed by atoms with Crippen LogP contribution in [-0.4, -0.2) is 36.5 Å². The van der Waals surface area contributed by atoms with Crippen molar-refractivity contribution in [2.45, 2.75) is 19.4 Å². The molecule has 1 aromatic rings. The lowest BCUT2D eigenvalue weighted by Gasteiger charge is -2.22. The Hall–Kier alpha value is -0.800. The van der Waals surface area contributed by atoms with Crippen molar-refractivity contribution in [3.63, 3.8) is 0 Å². The Morgan fingerprint density at radius 3 is 3.06 bits per heavy atom. The molecule has 2 nitrogen and oxygen atoms in total. The summed E-state index contributed by atoms with van der Waals surface area (Å²) < 4.78 is 18.8. The molecule has 0 fully saturated rings. The van der Waals surface area contributed by atoms with E-state index >= 15 is 0 Å². The average Bonchev–Trinajstić information content (AvgIpc) is 2.69. The molecule has 0 saturated heterocycles. The highest BCUT2D eigenvalue weighted by Gasteiger charge is 2.24. The molecule has 0 amide bonds. The molecule has 94 valence electrons. The maximum Gasteiger partial charge on any atom is 0.123 e. The van der Waals surface area contributed by atoms with Gasteiger partial charge in [0, 0.05) is 31.0 Å². The molecule has 0 aliphatic carbocycles. The van der Waals surface area contributed by atoms with Gasteiger partial charge in [-0.25, -0.2) is 4.39 Å². The minimum absolute atomic E-state index is 0.120. The molecule has 1 aromatic carbocycles. The van der Waals surface area contributed by atoms with Crippen LogP contribution >= 0.6 is 11.6 Å². The molecule has 1 aliphatic heterocycles. The molecule has 0 spiro atoms. The van der Waals surface area contributed by atoms with Crippen LogP contribution < -0.4 is 4.74 Å². The number of rotatable bonds is 5. The summed E-state index contributed by atoms with van der Waals surface area (Å²) in [6.45, 7) is 4.77. The van der Waals surface area contributed by atoms with Crippen LogP contribution in [0.15, 0.2) is 18.2 Å². The maximum atomic E-state index is 13.1. The summed E-state index contributed by atoms with van der Waals surface area (Å²) in [5.74, 6) is 1.25. The summed E-state index contributed by atoms with van der Waals surface area (Å²) >= 11 is 5.74. The van der Waals surface area contributed by atoms with Crippen LogP contribution in [-0.2, 0) is 6.42 Å². The van der Waals surface area contributed by atoms with E-state index in [1.54, 1.807) is 12.1 Å². The van der Waals surface area contributed by atoms with Crippen molar-refractivity contribution < 1.29 is 9.13 Å². The van der Waals surface area contributed by atoms with Gasteiger partial charge in [0.15, 0.2) is 0 Å². The molecule has 1 atom stereocenters. The van der Waals surface area contributed by atoms with Gasteiger partial charge in [-0.3, -0.25) is 4.90 Å². The van der Waals surface area contributed by atoms with E-state index in [2.05, 4.69) is 11.8 Å². The zero-order valence-electron chi connectivity index (χ0n) is 9.96. The number of hydrogen-bond acceptors (Lipinski definition) is 2. The molecule has 0 saturated carbocycles. The molecule has 4 heteroatoms. The van der Waals surface area contributed by atoms with Crippen LogP contribution in [0.1, 0.15) is 12.5 Å². The SMILES string of the molecule is CCN(CCCl)CC1Cc2cc(F)ccc2O1. The molecule has 0 aromatic heterocycles. The van der Waals surface area contributed by atoms with Crippen LogP contribution in [0, 0.1) is 5.82 Å². The first-order valence-corrected chi connectivity index (χ1v) is 6.49. The third-order valence-corrected chi connectivity index (χ3v) is 3.24. The zero-order chi connectivity index (χ0) is 12.3. The van der Waals surface area contributed by atoms with E-state index in [0.29, 0.717) is 5.88 Å². The first-order chi connectivity index (χ1) is 8.22. The molecular formula is C13H17ClFNO. The normalized spacial score (nSPS) is 18.2. The van der Waals surface area contributed by atoms with Crippen LogP contribution in [0.4, 0.5) is 4.39 Å². The topological polar surface area (TPSA) is 12.5 Å². The van der Waals surface area contributed by atoms with Crippen molar-refractivity contribution in [1.29, 1.82) is 0 Å². The van der Waals surface area contributed by atoms with Crippen LogP contribution in [0.5, 0.6) is 5.75 Å². The van der Waals surface area contributed by atoms with E-state index in [4.69, 9.17) is 16.3 Å². The van der Waals surface area contributed by atoms with Crippen LogP contribution in [0.3, 0.4) is 0 Å². The minimum Gasteiger partial charge on any atom is -0.488 e. The third-order valence-electron chi connectivity index (χ3n) is 3.07. The predicted molar refractivity (Wildman–Crippen MR) is 67.4 cm³/mol. The number of ether oxygens (including phenoxy) is 1. The summed E-state index contributed by atoms with van der Waals surface area (Å²) in [6.07, 6.45) is 0.904. The minimum atomic E-state index is -0.193. The average molecular weight is 258 g/mol. The molecular weight excluding hydrogens is 241 g/mol. The molecule has 2 rings (SSSR count). The fraction of sp³-hybridized carbons (Fsp3) is 0.538. The second-order valence-corrected chi connectivity index (χ2v) is 4.66. The number of fused-ring (bicyclic) bond motifs is 1. The molecule has 0 N–H and O–H groups in total. The fourth-order valence-electron chi connectivity index (χ4n) is 2.18. The number of benzene rings is 1. The quantitative estimate of drug-likeness (QED) is 0.752. The zero-order valence-corrected chi connectivity index (χ0v) is 10.7. The number of alkyl halides is 1. The van der Waals surface area contributed by atoms with Gasteiger partial charge in [0.25, 0.3) is 0 Å². The van der Waals surface area contributed by atoms with Crippen molar-refractivity contribution in [1.82, 2.24) is 4.90 Å². The molecule has 1 aliphatic rings. The number of halogens is 2. The first-order valence-electron chi connectivity index (χ1n) is 5.96. The second kappa shape index (κ2) is 5.69. The smallest absolute Gasteiger partial charge is 0.123 e. The Balaban J connectivity index is 1.95. The number of hydrogen-bond donors (Lipinski definition) is 0. The van der Waals surface area contributed by atoms with Gasteiger partial charge in [0.2, 0.25) is 0 Å². The highest BCUT2D eigenvalue weighted by atomic mass is 35.5. The lowest BCUT2D eigenvalue weighted by molar-refractivity contribution is 0.159. The van der Waals surface area contributed by atoms with Gasteiger partial charge in [-0.15, -0.1) is 11.6 Å². The van der Waals surface area contributed by atoms with Gasteiger partial charge in [-0.05, 0) is 24.7 Å². The summed E-state index contributed by atoms with van der Waals surface area (Å²) in [5, 5.41) is 0. The number of nitrogens with zero attached hydrogens (tertiary/aromatic N) is 1. The lowest BCUT2D eigenvalue weighted by Crippen LogP contribution is -2.35. The largest absolute Gasteiger partial charge is 0.488 e. The lowest BCUT2D eigenvalue weighted by atomic mass is 10.1. The first kappa shape index (κ1) is 12.7. The third kappa shape index (κ3) is 3.11. The summed E-state index contributed by atoms with van der Waals surface area (Å²) in [4.78, 5) is 2.25. The highest BCUT2D eigenvalue weighted by molar-refractivity contribution is 6.18. The van der Waals surface area contributed by atoms with E-state index in [1.165, 1.54) is 6.07 Å².